The van der Waals surface area contributed by atoms with Crippen molar-refractivity contribution in [3.05, 3.63) is 23.8 Å². The van der Waals surface area contributed by atoms with Gasteiger partial charge in [0.2, 0.25) is 6.41 Å². The van der Waals surface area contributed by atoms with Crippen LogP contribution in [-0.4, -0.2) is 11.5 Å². The minimum atomic E-state index is -4.49. The molecule has 0 aliphatic rings. The van der Waals surface area contributed by atoms with Crippen LogP contribution in [0.1, 0.15) is 5.56 Å². The molecule has 1 aromatic carbocycles. The maximum absolute atomic E-state index is 12.1. The van der Waals surface area contributed by atoms with Crippen molar-refractivity contribution in [2.75, 3.05) is 5.32 Å². The fourth-order valence-electron chi connectivity index (χ4n) is 0.891. The second kappa shape index (κ2) is 3.57. The molecule has 14 heavy (non-hydrogen) atoms. The number of carbonyl (C=O) groups is 1. The Hall–Kier alpha value is -1.72. The first-order valence-corrected chi connectivity index (χ1v) is 3.55. The van der Waals surface area contributed by atoms with Crippen molar-refractivity contribution in [2.24, 2.45) is 0 Å². The third-order valence-electron chi connectivity index (χ3n) is 1.54. The van der Waals surface area contributed by atoms with Gasteiger partial charge in [-0.1, -0.05) is 0 Å². The van der Waals surface area contributed by atoms with Gasteiger partial charge in [0.05, 0.1) is 11.3 Å². The summed E-state index contributed by atoms with van der Waals surface area (Å²) in [5.74, 6) is -0.412. The van der Waals surface area contributed by atoms with Gasteiger partial charge >= 0.3 is 6.18 Å². The largest absolute Gasteiger partial charge is 0.506 e. The van der Waals surface area contributed by atoms with Gasteiger partial charge in [0.1, 0.15) is 5.75 Å². The van der Waals surface area contributed by atoms with Gasteiger partial charge in [0, 0.05) is 0 Å². The zero-order valence-electron chi connectivity index (χ0n) is 6.80. The normalized spacial score (nSPS) is 11.1. The Balaban J connectivity index is 3.12. The number of hydrogen-bond donors (Lipinski definition) is 2. The summed E-state index contributed by atoms with van der Waals surface area (Å²) in [4.78, 5) is 9.98. The molecule has 76 valence electrons. The number of halogens is 3. The molecule has 6 heteroatoms. The molecule has 3 nitrogen and oxygen atoms in total. The molecule has 0 heterocycles. The average molecular weight is 205 g/mol. The Morgan fingerprint density at radius 1 is 1.36 bits per heavy atom. The van der Waals surface area contributed by atoms with Crippen LogP contribution in [-0.2, 0) is 11.0 Å². The average Bonchev–Trinajstić information content (AvgIpc) is 2.07. The monoisotopic (exact) mass is 205 g/mol. The van der Waals surface area contributed by atoms with E-state index in [2.05, 4.69) is 0 Å². The molecule has 1 rings (SSSR count). The van der Waals surface area contributed by atoms with Crippen molar-refractivity contribution in [1.82, 2.24) is 0 Å². The van der Waals surface area contributed by atoms with Crippen molar-refractivity contribution < 1.29 is 23.1 Å². The lowest BCUT2D eigenvalue weighted by atomic mass is 10.2. The van der Waals surface area contributed by atoms with Crippen LogP contribution in [0.25, 0.3) is 0 Å². The third-order valence-corrected chi connectivity index (χ3v) is 1.54. The van der Waals surface area contributed by atoms with E-state index in [0.717, 1.165) is 12.1 Å². The van der Waals surface area contributed by atoms with Crippen molar-refractivity contribution >= 4 is 12.1 Å². The van der Waals surface area contributed by atoms with Gasteiger partial charge in [-0.3, -0.25) is 4.79 Å². The Morgan fingerprint density at radius 3 is 2.50 bits per heavy atom. The quantitative estimate of drug-likeness (QED) is 0.572. The Bertz CT molecular complexity index is 349. The molecule has 0 saturated carbocycles. The Labute approximate surface area is 77.2 Å². The van der Waals surface area contributed by atoms with E-state index in [4.69, 9.17) is 5.11 Å². The number of aromatic hydroxyl groups is 1. The topological polar surface area (TPSA) is 49.3 Å². The highest BCUT2D eigenvalue weighted by Crippen LogP contribution is 2.34. The predicted octanol–water partition coefficient (Wildman–Crippen LogP) is 1.98. The number of nitrogens with one attached hydrogen (secondary N) is 1. The van der Waals surface area contributed by atoms with Gasteiger partial charge in [-0.15, -0.1) is 0 Å². The van der Waals surface area contributed by atoms with Crippen molar-refractivity contribution in [1.29, 1.82) is 0 Å². The molecule has 1 aromatic rings. The maximum Gasteiger partial charge on any atom is 0.416 e. The number of phenolic OH excluding ortho intramolecular Hbond substituents is 1. The number of carbonyl (C=O) groups excluding carboxylic acids is 1. The van der Waals surface area contributed by atoms with Crippen LogP contribution in [0.15, 0.2) is 18.2 Å². The van der Waals surface area contributed by atoms with Crippen LogP contribution in [0.4, 0.5) is 18.9 Å². The third kappa shape index (κ3) is 2.15. The second-order valence-electron chi connectivity index (χ2n) is 2.49. The number of benzene rings is 1. The van der Waals surface area contributed by atoms with E-state index >= 15 is 0 Å². The number of amides is 1. The van der Waals surface area contributed by atoms with E-state index in [1.807, 2.05) is 5.32 Å². The van der Waals surface area contributed by atoms with E-state index in [-0.39, 0.29) is 12.1 Å². The molecule has 0 aromatic heterocycles. The number of alkyl halides is 3. The summed E-state index contributed by atoms with van der Waals surface area (Å²) in [5, 5.41) is 11.0. The molecule has 0 spiro atoms. The van der Waals surface area contributed by atoms with Crippen LogP contribution in [0, 0.1) is 0 Å². The highest BCUT2D eigenvalue weighted by molar-refractivity contribution is 5.75. The Morgan fingerprint density at radius 2 is 2.00 bits per heavy atom. The fraction of sp³-hybridized carbons (Fsp3) is 0.125. The van der Waals surface area contributed by atoms with Gasteiger partial charge in [-0.2, -0.15) is 13.2 Å². The van der Waals surface area contributed by atoms with Crippen LogP contribution < -0.4 is 5.32 Å². The summed E-state index contributed by atoms with van der Waals surface area (Å²) in [6, 6.07) is 2.25. The lowest BCUT2D eigenvalue weighted by Crippen LogP contribution is -2.05. The highest BCUT2D eigenvalue weighted by atomic mass is 19.4. The molecule has 0 unspecified atom stereocenters. The molecular formula is C8H6F3NO2. The highest BCUT2D eigenvalue weighted by Gasteiger charge is 2.30. The number of anilines is 1. The van der Waals surface area contributed by atoms with Crippen LogP contribution in [0.3, 0.4) is 0 Å². The first-order chi connectivity index (χ1) is 6.45. The van der Waals surface area contributed by atoms with Gasteiger partial charge in [0.25, 0.3) is 0 Å². The molecule has 0 fully saturated rings. The molecule has 1 amide bonds. The van der Waals surface area contributed by atoms with Crippen molar-refractivity contribution in [3.63, 3.8) is 0 Å². The zero-order valence-corrected chi connectivity index (χ0v) is 6.80. The lowest BCUT2D eigenvalue weighted by molar-refractivity contribution is -0.137. The van der Waals surface area contributed by atoms with Gasteiger partial charge in [-0.25, -0.2) is 0 Å². The van der Waals surface area contributed by atoms with Crippen LogP contribution >= 0.6 is 0 Å². The summed E-state index contributed by atoms with van der Waals surface area (Å²) in [7, 11) is 0. The minimum absolute atomic E-state index is 0.190. The van der Waals surface area contributed by atoms with E-state index in [9.17, 15) is 18.0 Å². The van der Waals surface area contributed by atoms with Gasteiger partial charge in [-0.05, 0) is 18.2 Å². The summed E-state index contributed by atoms with van der Waals surface area (Å²) in [5.41, 5.74) is -1.20. The molecule has 0 aliphatic heterocycles. The summed E-state index contributed by atoms with van der Waals surface area (Å²) < 4.78 is 36.4. The maximum atomic E-state index is 12.1. The number of rotatable bonds is 2. The molecule has 0 radical (unpaired) electrons. The number of phenols is 1. The van der Waals surface area contributed by atoms with Crippen LogP contribution in [0.2, 0.25) is 0 Å². The van der Waals surface area contributed by atoms with Crippen LogP contribution in [0.5, 0.6) is 5.75 Å². The predicted molar refractivity (Wildman–Crippen MR) is 42.8 cm³/mol. The summed E-state index contributed by atoms with van der Waals surface area (Å²) in [6.45, 7) is 0. The zero-order chi connectivity index (χ0) is 10.8. The smallest absolute Gasteiger partial charge is 0.416 e. The summed E-state index contributed by atoms with van der Waals surface area (Å²) in [6.07, 6.45) is -4.30. The lowest BCUT2D eigenvalue weighted by Gasteiger charge is -2.09. The van der Waals surface area contributed by atoms with Gasteiger partial charge < -0.3 is 10.4 Å². The molecule has 0 saturated heterocycles. The molecule has 2 N–H and O–H groups in total. The summed E-state index contributed by atoms with van der Waals surface area (Å²) >= 11 is 0. The van der Waals surface area contributed by atoms with Crippen molar-refractivity contribution in [3.8, 4) is 5.75 Å². The van der Waals surface area contributed by atoms with E-state index in [0.29, 0.717) is 6.07 Å². The minimum Gasteiger partial charge on any atom is -0.506 e. The first kappa shape index (κ1) is 10.4. The second-order valence-corrected chi connectivity index (χ2v) is 2.49. The van der Waals surface area contributed by atoms with Crippen molar-refractivity contribution in [2.45, 2.75) is 6.18 Å². The molecule has 0 aliphatic carbocycles. The van der Waals surface area contributed by atoms with E-state index in [1.54, 1.807) is 0 Å². The van der Waals surface area contributed by atoms with E-state index in [1.165, 1.54) is 0 Å². The standard InChI is InChI=1S/C8H6F3NO2/c9-8(10,11)5-1-2-7(14)6(3-5)12-4-13/h1-4,14H,(H,12,13). The number of hydrogen-bond acceptors (Lipinski definition) is 2. The SMILES string of the molecule is O=CNc1cc(C(F)(F)F)ccc1O. The first-order valence-electron chi connectivity index (χ1n) is 3.55. The molecular weight excluding hydrogens is 199 g/mol. The molecule has 0 atom stereocenters. The fourth-order valence-corrected chi connectivity index (χ4v) is 0.891. The Kier molecular flexibility index (Phi) is 2.64. The molecule has 0 bridgehead atoms. The van der Waals surface area contributed by atoms with E-state index < -0.39 is 17.5 Å². The van der Waals surface area contributed by atoms with Gasteiger partial charge in [0.15, 0.2) is 0 Å².